The largest absolute Gasteiger partial charge is 0.370 e. The van der Waals surface area contributed by atoms with E-state index in [1.54, 1.807) is 11.8 Å². The summed E-state index contributed by atoms with van der Waals surface area (Å²) in [7, 11) is 0. The summed E-state index contributed by atoms with van der Waals surface area (Å²) in [6, 6.07) is 12.0. The summed E-state index contributed by atoms with van der Waals surface area (Å²) in [6.45, 7) is 5.61. The zero-order valence-electron chi connectivity index (χ0n) is 16.7. The number of para-hydroxylation sites is 2. The molecule has 0 spiro atoms. The van der Waals surface area contributed by atoms with E-state index < -0.39 is 0 Å². The van der Waals surface area contributed by atoms with Crippen molar-refractivity contribution in [3.8, 4) is 0 Å². The third kappa shape index (κ3) is 5.54. The van der Waals surface area contributed by atoms with Gasteiger partial charge in [0, 0.05) is 28.4 Å². The Kier molecular flexibility index (Phi) is 7.24. The maximum atomic E-state index is 12.6. The zero-order chi connectivity index (χ0) is 21.0. The van der Waals surface area contributed by atoms with Crippen LogP contribution in [0.5, 0.6) is 0 Å². The summed E-state index contributed by atoms with van der Waals surface area (Å²) in [5.74, 6) is 0.0400. The van der Waals surface area contributed by atoms with E-state index in [0.717, 1.165) is 57.8 Å². The van der Waals surface area contributed by atoms with Crippen LogP contribution in [0.2, 0.25) is 0 Å². The fraction of sp³-hybridized carbons (Fsp3) is 0.364. The van der Waals surface area contributed by atoms with E-state index in [-0.39, 0.29) is 17.7 Å². The zero-order valence-corrected chi connectivity index (χ0v) is 19.1. The molecular weight excluding hydrogens is 450 g/mol. The van der Waals surface area contributed by atoms with E-state index >= 15 is 0 Å². The van der Waals surface area contributed by atoms with E-state index in [0.29, 0.717) is 5.75 Å². The molecule has 1 fully saturated rings. The predicted molar refractivity (Wildman–Crippen MR) is 124 cm³/mol. The molecule has 7 heteroatoms. The van der Waals surface area contributed by atoms with Crippen LogP contribution in [0.4, 0.5) is 11.4 Å². The molecule has 0 bridgehead atoms. The molecule has 1 aliphatic rings. The van der Waals surface area contributed by atoms with Crippen molar-refractivity contribution in [2.24, 2.45) is 11.7 Å². The van der Waals surface area contributed by atoms with Gasteiger partial charge in [-0.15, -0.1) is 11.8 Å². The average molecular weight is 476 g/mol. The maximum absolute atomic E-state index is 12.6. The van der Waals surface area contributed by atoms with Gasteiger partial charge < -0.3 is 16.0 Å². The maximum Gasteiger partial charge on any atom is 0.234 e. The topological polar surface area (TPSA) is 75.4 Å². The first-order chi connectivity index (χ1) is 13.8. The number of hydrogen-bond donors (Lipinski definition) is 2. The van der Waals surface area contributed by atoms with Crippen molar-refractivity contribution in [1.82, 2.24) is 0 Å². The molecule has 0 aromatic heterocycles. The van der Waals surface area contributed by atoms with Gasteiger partial charge in [-0.05, 0) is 62.1 Å². The number of thioether (sulfide) groups is 1. The smallest absolute Gasteiger partial charge is 0.234 e. The molecule has 1 aliphatic heterocycles. The highest BCUT2D eigenvalue weighted by atomic mass is 79.9. The van der Waals surface area contributed by atoms with Crippen LogP contribution >= 0.6 is 27.7 Å². The van der Waals surface area contributed by atoms with Crippen molar-refractivity contribution in [2.45, 2.75) is 31.6 Å². The highest BCUT2D eigenvalue weighted by Crippen LogP contribution is 2.31. The fourth-order valence-electron chi connectivity index (χ4n) is 3.50. The van der Waals surface area contributed by atoms with E-state index in [2.05, 4.69) is 45.2 Å². The number of nitrogens with zero attached hydrogens (tertiary/aromatic N) is 1. The SMILES string of the molecule is Cc1cc(SCC(=O)Nc2ccccc2N2CCC(C(N)=O)CC2)c(C)cc1Br. The summed E-state index contributed by atoms with van der Waals surface area (Å²) in [4.78, 5) is 27.3. The van der Waals surface area contributed by atoms with Crippen molar-refractivity contribution < 1.29 is 9.59 Å². The highest BCUT2D eigenvalue weighted by Gasteiger charge is 2.24. The Morgan fingerprint density at radius 2 is 1.86 bits per heavy atom. The third-order valence-corrected chi connectivity index (χ3v) is 7.24. The molecule has 3 rings (SSSR count). The van der Waals surface area contributed by atoms with Gasteiger partial charge in [0.1, 0.15) is 0 Å². The molecule has 1 heterocycles. The number of amides is 2. The highest BCUT2D eigenvalue weighted by molar-refractivity contribution is 9.10. The van der Waals surface area contributed by atoms with E-state index in [9.17, 15) is 9.59 Å². The minimum atomic E-state index is -0.221. The molecule has 2 amide bonds. The number of carbonyl (C=O) groups excluding carboxylic acids is 2. The number of anilines is 2. The number of rotatable bonds is 6. The molecule has 0 atom stereocenters. The van der Waals surface area contributed by atoms with Gasteiger partial charge in [-0.1, -0.05) is 28.1 Å². The van der Waals surface area contributed by atoms with Crippen LogP contribution in [0.1, 0.15) is 24.0 Å². The molecule has 2 aromatic rings. The summed E-state index contributed by atoms with van der Waals surface area (Å²) in [5.41, 5.74) is 9.54. The standard InChI is InChI=1S/C22H26BrN3O2S/c1-14-12-20(15(2)11-17(14)23)29-13-21(27)25-18-5-3-4-6-19(18)26-9-7-16(8-10-26)22(24)28/h3-6,11-12,16H,7-10,13H2,1-2H3,(H2,24,28)(H,25,27). The Hall–Kier alpha value is -1.99. The van der Waals surface area contributed by atoms with Crippen LogP contribution in [0.3, 0.4) is 0 Å². The lowest BCUT2D eigenvalue weighted by Crippen LogP contribution is -2.38. The Balaban J connectivity index is 1.63. The number of nitrogens with two attached hydrogens (primary N) is 1. The molecule has 2 aromatic carbocycles. The average Bonchev–Trinajstić information content (AvgIpc) is 2.70. The molecule has 5 nitrogen and oxygen atoms in total. The molecule has 29 heavy (non-hydrogen) atoms. The van der Waals surface area contributed by atoms with Gasteiger partial charge in [-0.3, -0.25) is 9.59 Å². The van der Waals surface area contributed by atoms with Gasteiger partial charge in [-0.25, -0.2) is 0 Å². The number of aryl methyl sites for hydroxylation is 2. The molecule has 0 aliphatic carbocycles. The molecule has 0 saturated carbocycles. The van der Waals surface area contributed by atoms with Crippen molar-refractivity contribution in [3.63, 3.8) is 0 Å². The molecule has 0 radical (unpaired) electrons. The van der Waals surface area contributed by atoms with Gasteiger partial charge in [0.25, 0.3) is 0 Å². The van der Waals surface area contributed by atoms with Crippen molar-refractivity contribution >= 4 is 50.9 Å². The number of benzene rings is 2. The van der Waals surface area contributed by atoms with Crippen LogP contribution in [0.15, 0.2) is 45.8 Å². The van der Waals surface area contributed by atoms with E-state index in [1.807, 2.05) is 31.2 Å². The first-order valence-corrected chi connectivity index (χ1v) is 11.5. The van der Waals surface area contributed by atoms with Crippen molar-refractivity contribution in [1.29, 1.82) is 0 Å². The van der Waals surface area contributed by atoms with Gasteiger partial charge in [-0.2, -0.15) is 0 Å². The number of halogens is 1. The second-order valence-corrected chi connectivity index (χ2v) is 9.26. The Morgan fingerprint density at radius 3 is 2.55 bits per heavy atom. The minimum absolute atomic E-state index is 0.0329. The lowest BCUT2D eigenvalue weighted by atomic mass is 9.96. The normalized spacial score (nSPS) is 14.7. The van der Waals surface area contributed by atoms with E-state index in [1.165, 1.54) is 0 Å². The summed E-state index contributed by atoms with van der Waals surface area (Å²) in [6.07, 6.45) is 1.49. The van der Waals surface area contributed by atoms with Gasteiger partial charge in [0.05, 0.1) is 17.1 Å². The summed E-state index contributed by atoms with van der Waals surface area (Å²) in [5, 5.41) is 3.06. The molecular formula is C22H26BrN3O2S. The van der Waals surface area contributed by atoms with E-state index in [4.69, 9.17) is 5.73 Å². The predicted octanol–water partition coefficient (Wildman–Crippen LogP) is 4.50. The second-order valence-electron chi connectivity index (χ2n) is 7.38. The first kappa shape index (κ1) is 21.7. The van der Waals surface area contributed by atoms with Gasteiger partial charge in [0.15, 0.2) is 0 Å². The number of hydrogen-bond acceptors (Lipinski definition) is 4. The van der Waals surface area contributed by atoms with Gasteiger partial charge >= 0.3 is 0 Å². The van der Waals surface area contributed by atoms with Crippen LogP contribution in [0.25, 0.3) is 0 Å². The number of primary amides is 1. The minimum Gasteiger partial charge on any atom is -0.370 e. The first-order valence-electron chi connectivity index (χ1n) is 9.68. The van der Waals surface area contributed by atoms with Crippen LogP contribution < -0.4 is 16.0 Å². The Labute approximate surface area is 184 Å². The second kappa shape index (κ2) is 9.67. The fourth-order valence-corrected chi connectivity index (χ4v) is 4.86. The third-order valence-electron chi connectivity index (χ3n) is 5.23. The van der Waals surface area contributed by atoms with Crippen molar-refractivity contribution in [3.05, 3.63) is 52.0 Å². The Bertz CT molecular complexity index is 911. The summed E-state index contributed by atoms with van der Waals surface area (Å²) >= 11 is 5.09. The van der Waals surface area contributed by atoms with Crippen LogP contribution in [-0.4, -0.2) is 30.7 Å². The number of carbonyl (C=O) groups is 2. The van der Waals surface area contributed by atoms with Crippen molar-refractivity contribution in [2.75, 3.05) is 29.1 Å². The number of nitrogens with one attached hydrogen (secondary N) is 1. The lowest BCUT2D eigenvalue weighted by molar-refractivity contribution is -0.122. The van der Waals surface area contributed by atoms with Crippen LogP contribution in [-0.2, 0) is 9.59 Å². The quantitative estimate of drug-likeness (QED) is 0.603. The van der Waals surface area contributed by atoms with Crippen LogP contribution in [0, 0.1) is 19.8 Å². The molecule has 0 unspecified atom stereocenters. The Morgan fingerprint density at radius 1 is 1.17 bits per heavy atom. The number of piperidine rings is 1. The summed E-state index contributed by atoms with van der Waals surface area (Å²) < 4.78 is 1.08. The monoisotopic (exact) mass is 475 g/mol. The van der Waals surface area contributed by atoms with Gasteiger partial charge in [0.2, 0.25) is 11.8 Å². The molecule has 154 valence electrons. The molecule has 3 N–H and O–H groups in total. The molecule has 1 saturated heterocycles. The lowest BCUT2D eigenvalue weighted by Gasteiger charge is -2.33.